The third kappa shape index (κ3) is 3.85. The lowest BCUT2D eigenvalue weighted by molar-refractivity contribution is 0.101. The van der Waals surface area contributed by atoms with E-state index in [2.05, 4.69) is 4.98 Å². The van der Waals surface area contributed by atoms with Gasteiger partial charge in [0.15, 0.2) is 0 Å². The fourth-order valence-electron chi connectivity index (χ4n) is 1.36. The second-order valence-electron chi connectivity index (χ2n) is 3.83. The largest absolute Gasteiger partial charge is 0.380 e. The van der Waals surface area contributed by atoms with Crippen LogP contribution < -0.4 is 5.73 Å². The van der Waals surface area contributed by atoms with Gasteiger partial charge < -0.3 is 10.5 Å². The fourth-order valence-corrected chi connectivity index (χ4v) is 1.36. The van der Waals surface area contributed by atoms with Crippen molar-refractivity contribution in [1.29, 1.82) is 0 Å². The van der Waals surface area contributed by atoms with Crippen LogP contribution in [0.2, 0.25) is 0 Å². The first-order valence-corrected chi connectivity index (χ1v) is 4.89. The summed E-state index contributed by atoms with van der Waals surface area (Å²) >= 11 is 0. The minimum atomic E-state index is -0.307. The summed E-state index contributed by atoms with van der Waals surface area (Å²) in [4.78, 5) is 4.05. The molecule has 0 aromatic carbocycles. The Labute approximate surface area is 85.3 Å². The van der Waals surface area contributed by atoms with Gasteiger partial charge in [-0.25, -0.2) is 0 Å². The summed E-state index contributed by atoms with van der Waals surface area (Å²) in [6, 6.07) is 3.95. The Morgan fingerprint density at radius 2 is 2.36 bits per heavy atom. The number of rotatable bonds is 5. The summed E-state index contributed by atoms with van der Waals surface area (Å²) < 4.78 is 5.33. The average Bonchev–Trinajstić information content (AvgIpc) is 2.16. The van der Waals surface area contributed by atoms with Crippen molar-refractivity contribution >= 4 is 0 Å². The predicted octanol–water partition coefficient (Wildman–Crippen LogP) is 1.38. The number of aromatic nitrogens is 1. The van der Waals surface area contributed by atoms with Crippen molar-refractivity contribution in [3.05, 3.63) is 30.1 Å². The third-order valence-corrected chi connectivity index (χ3v) is 1.97. The molecule has 1 aromatic heterocycles. The summed E-state index contributed by atoms with van der Waals surface area (Å²) in [6.07, 6.45) is 4.40. The van der Waals surface area contributed by atoms with Crippen molar-refractivity contribution in [2.24, 2.45) is 5.73 Å². The summed E-state index contributed by atoms with van der Waals surface area (Å²) in [5.74, 6) is 0. The van der Waals surface area contributed by atoms with E-state index in [4.69, 9.17) is 10.5 Å². The predicted molar refractivity (Wildman–Crippen MR) is 57.0 cm³/mol. The molecular formula is C11H18N2O. The molecule has 2 N–H and O–H groups in total. The Morgan fingerprint density at radius 1 is 1.57 bits per heavy atom. The van der Waals surface area contributed by atoms with Crippen LogP contribution in [0.3, 0.4) is 0 Å². The van der Waals surface area contributed by atoms with Gasteiger partial charge in [0.05, 0.1) is 6.61 Å². The minimum absolute atomic E-state index is 0.307. The van der Waals surface area contributed by atoms with Crippen LogP contribution in [0.4, 0.5) is 0 Å². The van der Waals surface area contributed by atoms with E-state index >= 15 is 0 Å². The molecule has 1 rings (SSSR count). The summed E-state index contributed by atoms with van der Waals surface area (Å²) in [7, 11) is 0. The summed E-state index contributed by atoms with van der Waals surface area (Å²) in [6.45, 7) is 5.26. The van der Waals surface area contributed by atoms with Gasteiger partial charge in [-0.3, -0.25) is 4.98 Å². The molecule has 1 unspecified atom stereocenters. The summed E-state index contributed by atoms with van der Waals surface area (Å²) in [5, 5.41) is 0. The molecule has 0 spiro atoms. The van der Waals surface area contributed by atoms with Crippen LogP contribution in [-0.2, 0) is 11.2 Å². The third-order valence-electron chi connectivity index (χ3n) is 1.97. The fraction of sp³-hybridized carbons (Fsp3) is 0.545. The molecule has 3 nitrogen and oxygen atoms in total. The Hall–Kier alpha value is -0.930. The van der Waals surface area contributed by atoms with Crippen LogP contribution in [0, 0.1) is 0 Å². The van der Waals surface area contributed by atoms with Gasteiger partial charge >= 0.3 is 0 Å². The first kappa shape index (κ1) is 11.1. The molecule has 3 heteroatoms. The molecular weight excluding hydrogens is 176 g/mol. The molecule has 1 atom stereocenters. The molecule has 0 fully saturated rings. The number of hydrogen-bond donors (Lipinski definition) is 1. The lowest BCUT2D eigenvalue weighted by Gasteiger charge is -2.24. The lowest BCUT2D eigenvalue weighted by atomic mass is 9.96. The Kier molecular flexibility index (Phi) is 4.04. The van der Waals surface area contributed by atoms with Gasteiger partial charge in [-0.15, -0.1) is 0 Å². The van der Waals surface area contributed by atoms with Crippen molar-refractivity contribution < 1.29 is 4.74 Å². The molecule has 0 saturated carbocycles. The van der Waals surface area contributed by atoms with E-state index in [-0.39, 0.29) is 5.54 Å². The molecule has 14 heavy (non-hydrogen) atoms. The van der Waals surface area contributed by atoms with E-state index in [1.54, 1.807) is 6.20 Å². The van der Waals surface area contributed by atoms with E-state index < -0.39 is 0 Å². The summed E-state index contributed by atoms with van der Waals surface area (Å²) in [5.41, 5.74) is 6.93. The van der Waals surface area contributed by atoms with E-state index in [9.17, 15) is 0 Å². The number of pyridine rings is 1. The van der Waals surface area contributed by atoms with Gasteiger partial charge in [0.1, 0.15) is 0 Å². The van der Waals surface area contributed by atoms with Gasteiger partial charge in [0.25, 0.3) is 0 Å². The number of hydrogen-bond acceptors (Lipinski definition) is 3. The zero-order chi connectivity index (χ0) is 10.4. The normalized spacial score (nSPS) is 15.1. The maximum atomic E-state index is 6.08. The van der Waals surface area contributed by atoms with Gasteiger partial charge in [-0.1, -0.05) is 6.07 Å². The van der Waals surface area contributed by atoms with Gasteiger partial charge in [0.2, 0.25) is 0 Å². The smallest absolute Gasteiger partial charge is 0.0646 e. The van der Waals surface area contributed by atoms with Gasteiger partial charge in [0, 0.05) is 24.5 Å². The van der Waals surface area contributed by atoms with Crippen molar-refractivity contribution in [2.45, 2.75) is 25.8 Å². The second kappa shape index (κ2) is 5.08. The lowest BCUT2D eigenvalue weighted by Crippen LogP contribution is -2.43. The second-order valence-corrected chi connectivity index (χ2v) is 3.83. The van der Waals surface area contributed by atoms with Crippen LogP contribution in [0.15, 0.2) is 24.5 Å². The monoisotopic (exact) mass is 194 g/mol. The standard InChI is InChI=1S/C11H18N2O/c1-3-14-9-11(2,12)7-10-5-4-6-13-8-10/h4-6,8H,3,7,9,12H2,1-2H3. The molecule has 0 saturated heterocycles. The van der Waals surface area contributed by atoms with Crippen molar-refractivity contribution in [3.8, 4) is 0 Å². The van der Waals surface area contributed by atoms with E-state index in [1.807, 2.05) is 32.2 Å². The highest BCUT2D eigenvalue weighted by molar-refractivity contribution is 5.12. The van der Waals surface area contributed by atoms with Crippen molar-refractivity contribution in [3.63, 3.8) is 0 Å². The quantitative estimate of drug-likeness (QED) is 0.770. The zero-order valence-corrected chi connectivity index (χ0v) is 8.86. The van der Waals surface area contributed by atoms with Crippen molar-refractivity contribution in [2.75, 3.05) is 13.2 Å². The number of nitrogens with zero attached hydrogens (tertiary/aromatic N) is 1. The molecule has 0 amide bonds. The molecule has 78 valence electrons. The number of nitrogens with two attached hydrogens (primary N) is 1. The molecule has 0 radical (unpaired) electrons. The van der Waals surface area contributed by atoms with Gasteiger partial charge in [-0.05, 0) is 31.9 Å². The maximum absolute atomic E-state index is 6.08. The average molecular weight is 194 g/mol. The van der Waals surface area contributed by atoms with Crippen LogP contribution in [0.25, 0.3) is 0 Å². The Bertz CT molecular complexity index is 259. The molecule has 1 aromatic rings. The van der Waals surface area contributed by atoms with Crippen LogP contribution in [-0.4, -0.2) is 23.7 Å². The van der Waals surface area contributed by atoms with Crippen LogP contribution >= 0.6 is 0 Å². The first-order valence-electron chi connectivity index (χ1n) is 4.89. The maximum Gasteiger partial charge on any atom is 0.0646 e. The van der Waals surface area contributed by atoms with Gasteiger partial charge in [-0.2, -0.15) is 0 Å². The highest BCUT2D eigenvalue weighted by Crippen LogP contribution is 2.09. The van der Waals surface area contributed by atoms with Crippen LogP contribution in [0.1, 0.15) is 19.4 Å². The Morgan fingerprint density at radius 3 is 2.93 bits per heavy atom. The van der Waals surface area contributed by atoms with Crippen molar-refractivity contribution in [1.82, 2.24) is 4.98 Å². The highest BCUT2D eigenvalue weighted by atomic mass is 16.5. The highest BCUT2D eigenvalue weighted by Gasteiger charge is 2.18. The van der Waals surface area contributed by atoms with E-state index in [0.29, 0.717) is 13.2 Å². The molecule has 1 heterocycles. The molecule has 0 aliphatic carbocycles. The zero-order valence-electron chi connectivity index (χ0n) is 8.86. The number of ether oxygens (including phenoxy) is 1. The van der Waals surface area contributed by atoms with E-state index in [1.165, 1.54) is 0 Å². The SMILES string of the molecule is CCOCC(C)(N)Cc1cccnc1. The molecule has 0 aliphatic heterocycles. The first-order chi connectivity index (χ1) is 6.64. The molecule has 0 aliphatic rings. The minimum Gasteiger partial charge on any atom is -0.380 e. The van der Waals surface area contributed by atoms with Crippen LogP contribution in [0.5, 0.6) is 0 Å². The molecule has 0 bridgehead atoms. The topological polar surface area (TPSA) is 48.1 Å². The van der Waals surface area contributed by atoms with E-state index in [0.717, 1.165) is 12.0 Å². The Balaban J connectivity index is 2.50.